The van der Waals surface area contributed by atoms with E-state index in [4.69, 9.17) is 4.74 Å². The van der Waals surface area contributed by atoms with Crippen molar-refractivity contribution in [3.8, 4) is 0 Å². The lowest BCUT2D eigenvalue weighted by Crippen LogP contribution is -2.49. The molecule has 1 aromatic carbocycles. The fourth-order valence-corrected chi connectivity index (χ4v) is 4.58. The molecule has 10 heteroatoms. The Kier molecular flexibility index (Phi) is 7.06. The molecule has 2 amide bonds. The SMILES string of the molecule is CCOC(=O)N1CCN(c2cc3c(cc2F)c(=O)c(C(=O)N2CCN(C)CC2)cn3CC)CC1. The molecule has 0 atom stereocenters. The summed E-state index contributed by atoms with van der Waals surface area (Å²) in [6.45, 7) is 8.91. The van der Waals surface area contributed by atoms with Crippen LogP contribution in [-0.2, 0) is 11.3 Å². The van der Waals surface area contributed by atoms with Crippen LogP contribution in [0.15, 0.2) is 23.1 Å². The number of carbonyl (C=O) groups is 2. The van der Waals surface area contributed by atoms with Crippen LogP contribution in [-0.4, -0.2) is 97.3 Å². The Morgan fingerprint density at radius 3 is 2.24 bits per heavy atom. The van der Waals surface area contributed by atoms with E-state index in [1.165, 1.54) is 6.07 Å². The predicted molar refractivity (Wildman–Crippen MR) is 128 cm³/mol. The molecule has 3 heterocycles. The zero-order valence-corrected chi connectivity index (χ0v) is 20.1. The molecule has 0 saturated carbocycles. The Labute approximate surface area is 198 Å². The number of ether oxygens (including phenoxy) is 1. The number of piperazine rings is 2. The van der Waals surface area contributed by atoms with Crippen LogP contribution in [0.2, 0.25) is 0 Å². The number of hydrogen-bond acceptors (Lipinski definition) is 6. The van der Waals surface area contributed by atoms with Crippen molar-refractivity contribution in [3.05, 3.63) is 39.9 Å². The number of carbonyl (C=O) groups excluding carboxylic acids is 2. The van der Waals surface area contributed by atoms with Crippen molar-refractivity contribution in [2.24, 2.45) is 0 Å². The molecule has 2 fully saturated rings. The summed E-state index contributed by atoms with van der Waals surface area (Å²) in [5, 5.41) is 0.202. The first-order valence-electron chi connectivity index (χ1n) is 11.8. The number of aryl methyl sites for hydroxylation is 1. The summed E-state index contributed by atoms with van der Waals surface area (Å²) in [6, 6.07) is 2.93. The molecule has 0 unspecified atom stereocenters. The molecule has 0 N–H and O–H groups in total. The number of benzene rings is 1. The summed E-state index contributed by atoms with van der Waals surface area (Å²) in [5.74, 6) is -0.817. The van der Waals surface area contributed by atoms with E-state index in [1.807, 2.05) is 23.4 Å². The molecule has 0 aliphatic carbocycles. The summed E-state index contributed by atoms with van der Waals surface area (Å²) in [6.07, 6.45) is 1.24. The van der Waals surface area contributed by atoms with Gasteiger partial charge in [-0.2, -0.15) is 0 Å². The van der Waals surface area contributed by atoms with Gasteiger partial charge in [0, 0.05) is 70.5 Å². The summed E-state index contributed by atoms with van der Waals surface area (Å²) in [5.41, 5.74) is 0.609. The number of anilines is 1. The Morgan fingerprint density at radius 1 is 0.971 bits per heavy atom. The van der Waals surface area contributed by atoms with Crippen LogP contribution in [0, 0.1) is 5.82 Å². The van der Waals surface area contributed by atoms with E-state index in [0.717, 1.165) is 13.1 Å². The van der Waals surface area contributed by atoms with E-state index in [-0.39, 0.29) is 23.0 Å². The number of pyridine rings is 1. The lowest BCUT2D eigenvalue weighted by atomic mass is 10.1. The average molecular weight is 474 g/mol. The molecule has 0 bridgehead atoms. The third-order valence-electron chi connectivity index (χ3n) is 6.66. The molecule has 2 aliphatic rings. The van der Waals surface area contributed by atoms with E-state index >= 15 is 4.39 Å². The zero-order valence-electron chi connectivity index (χ0n) is 20.1. The lowest BCUT2D eigenvalue weighted by Gasteiger charge is -2.35. The predicted octanol–water partition coefficient (Wildman–Crippen LogP) is 1.83. The minimum absolute atomic E-state index is 0.0779. The Balaban J connectivity index is 1.64. The molecule has 0 spiro atoms. The first-order valence-corrected chi connectivity index (χ1v) is 11.8. The van der Waals surface area contributed by atoms with Crippen molar-refractivity contribution >= 4 is 28.6 Å². The molecular weight excluding hydrogens is 441 g/mol. The normalized spacial score (nSPS) is 17.4. The number of hydrogen-bond donors (Lipinski definition) is 0. The first kappa shape index (κ1) is 24.0. The van der Waals surface area contributed by atoms with E-state index in [9.17, 15) is 14.4 Å². The molecule has 4 rings (SSSR count). The van der Waals surface area contributed by atoms with Gasteiger partial charge in [0.2, 0.25) is 5.43 Å². The number of aromatic nitrogens is 1. The Bertz CT molecular complexity index is 1130. The highest BCUT2D eigenvalue weighted by Gasteiger charge is 2.27. The molecule has 2 saturated heterocycles. The van der Waals surface area contributed by atoms with Gasteiger partial charge in [0.05, 0.1) is 17.8 Å². The van der Waals surface area contributed by atoms with Crippen molar-refractivity contribution in [2.75, 3.05) is 70.9 Å². The standard InChI is InChI=1S/C24H32FN5O4/c1-4-27-16-18(23(32)29-8-6-26(3)7-9-29)22(31)17-14-19(25)21(15-20(17)27)28-10-12-30(13-11-28)24(33)34-5-2/h14-16H,4-13H2,1-3H3. The average Bonchev–Trinajstić information content (AvgIpc) is 2.84. The highest BCUT2D eigenvalue weighted by Crippen LogP contribution is 2.26. The quantitative estimate of drug-likeness (QED) is 0.674. The van der Waals surface area contributed by atoms with Crippen LogP contribution in [0.25, 0.3) is 10.9 Å². The van der Waals surface area contributed by atoms with Gasteiger partial charge in [-0.1, -0.05) is 0 Å². The summed E-state index contributed by atoms with van der Waals surface area (Å²) < 4.78 is 22.1. The van der Waals surface area contributed by atoms with Gasteiger partial charge in [-0.15, -0.1) is 0 Å². The van der Waals surface area contributed by atoms with Gasteiger partial charge in [0.25, 0.3) is 5.91 Å². The second kappa shape index (κ2) is 10.0. The molecule has 34 heavy (non-hydrogen) atoms. The largest absolute Gasteiger partial charge is 0.450 e. The van der Waals surface area contributed by atoms with Gasteiger partial charge in [-0.05, 0) is 33.0 Å². The summed E-state index contributed by atoms with van der Waals surface area (Å²) >= 11 is 0. The van der Waals surface area contributed by atoms with Gasteiger partial charge < -0.3 is 28.9 Å². The first-order chi connectivity index (χ1) is 16.3. The van der Waals surface area contributed by atoms with E-state index in [0.29, 0.717) is 63.6 Å². The minimum Gasteiger partial charge on any atom is -0.450 e. The number of fused-ring (bicyclic) bond motifs is 1. The maximum Gasteiger partial charge on any atom is 0.409 e. The fraction of sp³-hybridized carbons (Fsp3) is 0.542. The molecule has 184 valence electrons. The molecule has 9 nitrogen and oxygen atoms in total. The van der Waals surface area contributed by atoms with Crippen LogP contribution >= 0.6 is 0 Å². The van der Waals surface area contributed by atoms with Crippen molar-refractivity contribution in [1.82, 2.24) is 19.3 Å². The highest BCUT2D eigenvalue weighted by atomic mass is 19.1. The van der Waals surface area contributed by atoms with Crippen LogP contribution < -0.4 is 10.3 Å². The van der Waals surface area contributed by atoms with Crippen molar-refractivity contribution in [3.63, 3.8) is 0 Å². The third-order valence-corrected chi connectivity index (χ3v) is 6.66. The highest BCUT2D eigenvalue weighted by molar-refractivity contribution is 5.98. The fourth-order valence-electron chi connectivity index (χ4n) is 4.58. The Morgan fingerprint density at radius 2 is 1.62 bits per heavy atom. The van der Waals surface area contributed by atoms with Crippen LogP contribution in [0.1, 0.15) is 24.2 Å². The monoisotopic (exact) mass is 473 g/mol. The van der Waals surface area contributed by atoms with Crippen molar-refractivity contribution in [1.29, 1.82) is 0 Å². The smallest absolute Gasteiger partial charge is 0.409 e. The second-order valence-corrected chi connectivity index (χ2v) is 8.75. The van der Waals surface area contributed by atoms with Gasteiger partial charge in [-0.3, -0.25) is 9.59 Å². The maximum atomic E-state index is 15.2. The van der Waals surface area contributed by atoms with Crippen molar-refractivity contribution in [2.45, 2.75) is 20.4 Å². The van der Waals surface area contributed by atoms with Crippen LogP contribution in [0.3, 0.4) is 0 Å². The third kappa shape index (κ3) is 4.59. The van der Waals surface area contributed by atoms with Gasteiger partial charge in [0.15, 0.2) is 0 Å². The molecule has 2 aromatic rings. The topological polar surface area (TPSA) is 78.3 Å². The Hall–Kier alpha value is -3.14. The van der Waals surface area contributed by atoms with Gasteiger partial charge in [0.1, 0.15) is 11.4 Å². The second-order valence-electron chi connectivity index (χ2n) is 8.75. The number of likely N-dealkylation sites (N-methyl/N-ethyl adjacent to an activating group) is 1. The number of rotatable bonds is 4. The van der Waals surface area contributed by atoms with Gasteiger partial charge >= 0.3 is 6.09 Å². The zero-order chi connectivity index (χ0) is 24.4. The van der Waals surface area contributed by atoms with Gasteiger partial charge in [-0.25, -0.2) is 9.18 Å². The van der Waals surface area contributed by atoms with E-state index in [1.54, 1.807) is 29.0 Å². The molecule has 1 aromatic heterocycles. The molecule has 0 radical (unpaired) electrons. The van der Waals surface area contributed by atoms with Crippen LogP contribution in [0.5, 0.6) is 0 Å². The number of amides is 2. The van der Waals surface area contributed by atoms with E-state index in [2.05, 4.69) is 4.90 Å². The number of halogens is 1. The molecular formula is C24H32FN5O4. The van der Waals surface area contributed by atoms with E-state index < -0.39 is 11.2 Å². The lowest BCUT2D eigenvalue weighted by molar-refractivity contribution is 0.0662. The summed E-state index contributed by atoms with van der Waals surface area (Å²) in [7, 11) is 2.00. The van der Waals surface area contributed by atoms with Crippen molar-refractivity contribution < 1.29 is 18.7 Å². The summed E-state index contributed by atoms with van der Waals surface area (Å²) in [4.78, 5) is 45.6. The minimum atomic E-state index is -0.513. The molecule has 2 aliphatic heterocycles. The number of nitrogens with zero attached hydrogens (tertiary/aromatic N) is 5. The van der Waals surface area contributed by atoms with Crippen LogP contribution in [0.4, 0.5) is 14.9 Å². The maximum absolute atomic E-state index is 15.2.